The van der Waals surface area contributed by atoms with E-state index in [1.54, 1.807) is 12.1 Å². The van der Waals surface area contributed by atoms with Crippen molar-refractivity contribution < 1.29 is 9.13 Å². The van der Waals surface area contributed by atoms with Gasteiger partial charge in [0.2, 0.25) is 0 Å². The van der Waals surface area contributed by atoms with Crippen LogP contribution in [0.3, 0.4) is 0 Å². The molecule has 0 bridgehead atoms. The molecule has 0 aliphatic heterocycles. The first-order valence-corrected chi connectivity index (χ1v) is 8.28. The molecule has 0 radical (unpaired) electrons. The number of ether oxygens (including phenoxy) is 1. The lowest BCUT2D eigenvalue weighted by Crippen LogP contribution is -2.38. The minimum atomic E-state index is -0.816. The molecule has 126 valence electrons. The highest BCUT2D eigenvalue weighted by Gasteiger charge is 2.37. The molecule has 0 amide bonds. The minimum Gasteiger partial charge on any atom is -0.482 e. The van der Waals surface area contributed by atoms with Crippen LogP contribution in [0.15, 0.2) is 36.4 Å². The average molecular weight is 325 g/mol. The number of hydrogen-bond acceptors (Lipinski definition) is 2. The SMILES string of the molecule is CCC(C)C(C)(Oc1c(C)cccc1C)c1ccc(C#N)cc1F. The quantitative estimate of drug-likeness (QED) is 0.711. The van der Waals surface area contributed by atoms with E-state index in [-0.39, 0.29) is 5.92 Å². The third-order valence-corrected chi connectivity index (χ3v) is 4.91. The van der Waals surface area contributed by atoms with Crippen LogP contribution in [-0.2, 0) is 5.60 Å². The van der Waals surface area contributed by atoms with Gasteiger partial charge in [-0.05, 0) is 56.4 Å². The lowest BCUT2D eigenvalue weighted by Gasteiger charge is -2.37. The summed E-state index contributed by atoms with van der Waals surface area (Å²) in [6, 6.07) is 12.6. The summed E-state index contributed by atoms with van der Waals surface area (Å²) in [7, 11) is 0. The van der Waals surface area contributed by atoms with Gasteiger partial charge in [-0.1, -0.05) is 38.1 Å². The summed E-state index contributed by atoms with van der Waals surface area (Å²) < 4.78 is 21.1. The zero-order chi connectivity index (χ0) is 17.9. The van der Waals surface area contributed by atoms with Gasteiger partial charge in [-0.15, -0.1) is 0 Å². The molecule has 0 fully saturated rings. The summed E-state index contributed by atoms with van der Waals surface area (Å²) in [6.45, 7) is 10.0. The highest BCUT2D eigenvalue weighted by molar-refractivity contribution is 5.42. The van der Waals surface area contributed by atoms with Crippen LogP contribution in [0.2, 0.25) is 0 Å². The number of rotatable bonds is 5. The van der Waals surface area contributed by atoms with Crippen LogP contribution in [0.4, 0.5) is 4.39 Å². The summed E-state index contributed by atoms with van der Waals surface area (Å²) >= 11 is 0. The Morgan fingerprint density at radius 2 is 1.83 bits per heavy atom. The molecule has 0 heterocycles. The normalized spacial score (nSPS) is 14.5. The van der Waals surface area contributed by atoms with E-state index < -0.39 is 11.4 Å². The molecule has 0 aliphatic carbocycles. The van der Waals surface area contributed by atoms with Gasteiger partial charge in [-0.3, -0.25) is 0 Å². The molecule has 2 aromatic rings. The number of benzene rings is 2. The monoisotopic (exact) mass is 325 g/mol. The fourth-order valence-electron chi connectivity index (χ4n) is 2.97. The first-order chi connectivity index (χ1) is 11.3. The number of hydrogen-bond donors (Lipinski definition) is 0. The summed E-state index contributed by atoms with van der Waals surface area (Å²) in [5, 5.41) is 8.97. The van der Waals surface area contributed by atoms with Gasteiger partial charge in [0.05, 0.1) is 11.6 Å². The van der Waals surface area contributed by atoms with E-state index in [1.807, 2.05) is 45.0 Å². The number of nitriles is 1. The highest BCUT2D eigenvalue weighted by atomic mass is 19.1. The van der Waals surface area contributed by atoms with Crippen LogP contribution in [0, 0.1) is 36.9 Å². The predicted octanol–water partition coefficient (Wildman–Crippen LogP) is 5.65. The van der Waals surface area contributed by atoms with E-state index in [9.17, 15) is 4.39 Å². The Kier molecular flexibility index (Phi) is 5.29. The predicted molar refractivity (Wildman–Crippen MR) is 94.5 cm³/mol. The minimum absolute atomic E-state index is 0.0962. The first-order valence-electron chi connectivity index (χ1n) is 8.28. The van der Waals surface area contributed by atoms with Gasteiger partial charge in [0, 0.05) is 5.56 Å². The molecule has 24 heavy (non-hydrogen) atoms. The van der Waals surface area contributed by atoms with E-state index in [0.29, 0.717) is 11.1 Å². The van der Waals surface area contributed by atoms with Gasteiger partial charge in [0.15, 0.2) is 0 Å². The maximum Gasteiger partial charge on any atom is 0.137 e. The topological polar surface area (TPSA) is 33.0 Å². The van der Waals surface area contributed by atoms with E-state index >= 15 is 0 Å². The summed E-state index contributed by atoms with van der Waals surface area (Å²) in [5.41, 5.74) is 2.04. The van der Waals surface area contributed by atoms with Gasteiger partial charge >= 0.3 is 0 Å². The van der Waals surface area contributed by atoms with Crippen LogP contribution < -0.4 is 4.74 Å². The van der Waals surface area contributed by atoms with E-state index in [4.69, 9.17) is 10.00 Å². The Morgan fingerprint density at radius 3 is 2.33 bits per heavy atom. The Bertz CT molecular complexity index is 758. The van der Waals surface area contributed by atoms with Crippen molar-refractivity contribution in [2.24, 2.45) is 5.92 Å². The summed E-state index contributed by atoms with van der Waals surface area (Å²) in [6.07, 6.45) is 0.848. The largest absolute Gasteiger partial charge is 0.482 e. The zero-order valence-electron chi connectivity index (χ0n) is 15.0. The lowest BCUT2D eigenvalue weighted by atomic mass is 9.81. The van der Waals surface area contributed by atoms with Gasteiger partial charge < -0.3 is 4.74 Å². The molecule has 2 unspecified atom stereocenters. The second-order valence-electron chi connectivity index (χ2n) is 6.55. The van der Waals surface area contributed by atoms with Gasteiger partial charge in [0.25, 0.3) is 0 Å². The molecular weight excluding hydrogens is 301 g/mol. The van der Waals surface area contributed by atoms with Crippen LogP contribution in [0.25, 0.3) is 0 Å². The fraction of sp³-hybridized carbons (Fsp3) is 0.381. The maximum absolute atomic E-state index is 14.7. The molecule has 2 nitrogen and oxygen atoms in total. The Balaban J connectivity index is 2.57. The number of halogens is 1. The summed E-state index contributed by atoms with van der Waals surface area (Å²) in [5.74, 6) is 0.492. The maximum atomic E-state index is 14.7. The Labute approximate surface area is 143 Å². The van der Waals surface area contributed by atoms with E-state index in [2.05, 4.69) is 13.8 Å². The van der Waals surface area contributed by atoms with Crippen LogP contribution in [0.1, 0.15) is 49.4 Å². The van der Waals surface area contributed by atoms with Crippen molar-refractivity contribution >= 4 is 0 Å². The molecule has 0 saturated heterocycles. The van der Waals surface area contributed by atoms with Crippen molar-refractivity contribution in [3.05, 3.63) is 64.5 Å². The zero-order valence-corrected chi connectivity index (χ0v) is 15.0. The molecule has 0 aliphatic rings. The molecule has 2 aromatic carbocycles. The van der Waals surface area contributed by atoms with Gasteiger partial charge in [-0.25, -0.2) is 4.39 Å². The Morgan fingerprint density at radius 1 is 1.21 bits per heavy atom. The standard InChI is InChI=1S/C21H24FNO/c1-6-16(4)21(5,18-11-10-17(13-23)12-19(18)22)24-20-14(2)8-7-9-15(20)3/h7-12,16H,6H2,1-5H3. The molecule has 2 rings (SSSR count). The molecular formula is C21H24FNO. The molecule has 0 N–H and O–H groups in total. The first kappa shape index (κ1) is 18.0. The van der Waals surface area contributed by atoms with Gasteiger partial charge in [0.1, 0.15) is 17.2 Å². The fourth-order valence-corrected chi connectivity index (χ4v) is 2.97. The van der Waals surface area contributed by atoms with Crippen LogP contribution in [-0.4, -0.2) is 0 Å². The van der Waals surface area contributed by atoms with Crippen molar-refractivity contribution in [1.82, 2.24) is 0 Å². The van der Waals surface area contributed by atoms with Crippen molar-refractivity contribution in [2.75, 3.05) is 0 Å². The lowest BCUT2D eigenvalue weighted by molar-refractivity contribution is 0.0227. The highest BCUT2D eigenvalue weighted by Crippen LogP contribution is 2.40. The number of para-hydroxylation sites is 1. The molecule has 0 saturated carbocycles. The smallest absolute Gasteiger partial charge is 0.137 e. The second kappa shape index (κ2) is 7.05. The van der Waals surface area contributed by atoms with Crippen molar-refractivity contribution in [1.29, 1.82) is 5.26 Å². The molecule has 2 atom stereocenters. The average Bonchev–Trinajstić information content (AvgIpc) is 2.57. The van der Waals surface area contributed by atoms with Gasteiger partial charge in [-0.2, -0.15) is 5.26 Å². The van der Waals surface area contributed by atoms with Crippen molar-refractivity contribution in [2.45, 2.75) is 46.6 Å². The van der Waals surface area contributed by atoms with Crippen LogP contribution in [0.5, 0.6) is 5.75 Å². The van der Waals surface area contributed by atoms with Crippen molar-refractivity contribution in [3.63, 3.8) is 0 Å². The molecule has 0 aromatic heterocycles. The molecule has 0 spiro atoms. The third kappa shape index (κ3) is 3.28. The van der Waals surface area contributed by atoms with Crippen LogP contribution >= 0.6 is 0 Å². The number of nitrogens with zero attached hydrogens (tertiary/aromatic N) is 1. The molecule has 3 heteroatoms. The van der Waals surface area contributed by atoms with Crippen molar-refractivity contribution in [3.8, 4) is 11.8 Å². The van der Waals surface area contributed by atoms with E-state index in [0.717, 1.165) is 23.3 Å². The Hall–Kier alpha value is -2.34. The van der Waals surface area contributed by atoms with E-state index in [1.165, 1.54) is 6.07 Å². The second-order valence-corrected chi connectivity index (χ2v) is 6.55. The third-order valence-electron chi connectivity index (χ3n) is 4.91. The summed E-state index contributed by atoms with van der Waals surface area (Å²) in [4.78, 5) is 0. The number of aryl methyl sites for hydroxylation is 2.